The molecule has 0 saturated heterocycles. The lowest BCUT2D eigenvalue weighted by Crippen LogP contribution is -2.11. The van der Waals surface area contributed by atoms with Crippen molar-refractivity contribution in [2.45, 2.75) is 4.90 Å². The second-order valence-electron chi connectivity index (χ2n) is 3.85. The smallest absolute Gasteiger partial charge is 0.238 e. The van der Waals surface area contributed by atoms with Crippen LogP contribution in [0.2, 0.25) is 5.02 Å². The highest BCUT2D eigenvalue weighted by molar-refractivity contribution is 7.89. The largest absolute Gasteiger partial charge is 0.256 e. The van der Waals surface area contributed by atoms with E-state index in [9.17, 15) is 8.42 Å². The molecule has 2 rings (SSSR count). The van der Waals surface area contributed by atoms with Crippen molar-refractivity contribution in [1.82, 2.24) is 0 Å². The van der Waals surface area contributed by atoms with Crippen molar-refractivity contribution >= 4 is 33.5 Å². The van der Waals surface area contributed by atoms with Gasteiger partial charge in [-0.1, -0.05) is 23.7 Å². The summed E-state index contributed by atoms with van der Waals surface area (Å²) in [7, 11) is -3.66. The third-order valence-corrected chi connectivity index (χ3v) is 3.58. The monoisotopic (exact) mass is 294 g/mol. The van der Waals surface area contributed by atoms with Gasteiger partial charge in [-0.25, -0.2) is 13.6 Å². The first-order chi connectivity index (χ1) is 8.95. The maximum atomic E-state index is 11.1. The molecule has 2 aromatic carbocycles. The fourth-order valence-corrected chi connectivity index (χ4v) is 2.06. The number of primary sulfonamides is 1. The van der Waals surface area contributed by atoms with E-state index in [1.54, 1.807) is 30.5 Å². The van der Waals surface area contributed by atoms with E-state index < -0.39 is 10.0 Å². The van der Waals surface area contributed by atoms with Gasteiger partial charge >= 0.3 is 0 Å². The molecule has 2 N–H and O–H groups in total. The predicted octanol–water partition coefficient (Wildman–Crippen LogP) is 2.74. The number of hydrogen-bond acceptors (Lipinski definition) is 3. The summed E-state index contributed by atoms with van der Waals surface area (Å²) in [6.45, 7) is 0. The maximum absolute atomic E-state index is 11.1. The maximum Gasteiger partial charge on any atom is 0.238 e. The van der Waals surface area contributed by atoms with Crippen LogP contribution in [0.15, 0.2) is 58.4 Å². The molecule has 98 valence electrons. The van der Waals surface area contributed by atoms with Crippen molar-refractivity contribution < 1.29 is 8.42 Å². The molecule has 0 saturated carbocycles. The highest BCUT2D eigenvalue weighted by Gasteiger charge is 2.05. The molecule has 0 aromatic heterocycles. The Morgan fingerprint density at radius 3 is 2.11 bits per heavy atom. The van der Waals surface area contributed by atoms with Crippen LogP contribution >= 0.6 is 11.6 Å². The summed E-state index contributed by atoms with van der Waals surface area (Å²) in [4.78, 5) is 4.29. The fourth-order valence-electron chi connectivity index (χ4n) is 1.42. The lowest BCUT2D eigenvalue weighted by atomic mass is 10.2. The second-order valence-corrected chi connectivity index (χ2v) is 5.85. The van der Waals surface area contributed by atoms with Crippen LogP contribution in [0.1, 0.15) is 5.56 Å². The van der Waals surface area contributed by atoms with Gasteiger partial charge in [0.05, 0.1) is 10.6 Å². The van der Waals surface area contributed by atoms with E-state index in [0.717, 1.165) is 5.56 Å². The van der Waals surface area contributed by atoms with Crippen molar-refractivity contribution in [1.29, 1.82) is 0 Å². The highest BCUT2D eigenvalue weighted by atomic mass is 35.5. The molecule has 0 spiro atoms. The number of aliphatic imine (C=N–C) groups is 1. The molecule has 0 bridgehead atoms. The number of benzene rings is 2. The quantitative estimate of drug-likeness (QED) is 0.884. The first-order valence-electron chi connectivity index (χ1n) is 5.38. The van der Waals surface area contributed by atoms with Crippen LogP contribution in [0, 0.1) is 0 Å². The van der Waals surface area contributed by atoms with Gasteiger partial charge in [-0.05, 0) is 42.0 Å². The molecular weight excluding hydrogens is 284 g/mol. The Morgan fingerprint density at radius 2 is 1.58 bits per heavy atom. The minimum absolute atomic E-state index is 0.0675. The van der Waals surface area contributed by atoms with Crippen molar-refractivity contribution in [3.8, 4) is 0 Å². The molecule has 6 heteroatoms. The number of sulfonamides is 1. The van der Waals surface area contributed by atoms with Crippen LogP contribution in [0.4, 0.5) is 5.69 Å². The molecule has 0 amide bonds. The molecule has 0 aliphatic rings. The first-order valence-corrected chi connectivity index (χ1v) is 7.30. The van der Waals surface area contributed by atoms with Gasteiger partial charge in [0.2, 0.25) is 10.0 Å². The molecule has 0 heterocycles. The summed E-state index contributed by atoms with van der Waals surface area (Å²) in [5.74, 6) is 0. The Balaban J connectivity index is 2.18. The van der Waals surface area contributed by atoms with Gasteiger partial charge in [-0.2, -0.15) is 0 Å². The number of hydrogen-bond donors (Lipinski definition) is 1. The van der Waals surface area contributed by atoms with E-state index in [1.165, 1.54) is 12.1 Å². The minimum atomic E-state index is -3.66. The summed E-state index contributed by atoms with van der Waals surface area (Å²) in [6, 6.07) is 13.2. The van der Waals surface area contributed by atoms with Gasteiger partial charge in [-0.3, -0.25) is 4.99 Å². The van der Waals surface area contributed by atoms with Gasteiger partial charge in [0.15, 0.2) is 0 Å². The summed E-state index contributed by atoms with van der Waals surface area (Å²) >= 11 is 5.78. The zero-order valence-corrected chi connectivity index (χ0v) is 11.4. The molecule has 19 heavy (non-hydrogen) atoms. The summed E-state index contributed by atoms with van der Waals surface area (Å²) in [5, 5.41) is 5.67. The predicted molar refractivity (Wildman–Crippen MR) is 76.5 cm³/mol. The topological polar surface area (TPSA) is 72.5 Å². The SMILES string of the molecule is NS(=O)(=O)c1ccc(/N=C/c2ccc(Cl)cc2)cc1. The molecule has 2 aromatic rings. The van der Waals surface area contributed by atoms with Crippen molar-refractivity contribution in [2.75, 3.05) is 0 Å². The summed E-state index contributed by atoms with van der Waals surface area (Å²) in [5.41, 5.74) is 1.54. The Kier molecular flexibility index (Phi) is 3.99. The van der Waals surface area contributed by atoms with E-state index >= 15 is 0 Å². The number of halogens is 1. The molecule has 0 atom stereocenters. The standard InChI is InChI=1S/C13H11ClN2O2S/c14-11-3-1-10(2-4-11)9-16-12-5-7-13(8-6-12)19(15,17)18/h1-9H,(H2,15,17,18)/b16-9+. The first kappa shape index (κ1) is 13.7. The highest BCUT2D eigenvalue weighted by Crippen LogP contribution is 2.16. The van der Waals surface area contributed by atoms with Crippen molar-refractivity contribution in [3.63, 3.8) is 0 Å². The van der Waals surface area contributed by atoms with Crippen LogP contribution in [-0.4, -0.2) is 14.6 Å². The molecule has 0 radical (unpaired) electrons. The Hall–Kier alpha value is -1.69. The van der Waals surface area contributed by atoms with Gasteiger partial charge in [0, 0.05) is 11.2 Å². The third kappa shape index (κ3) is 3.89. The van der Waals surface area contributed by atoms with Gasteiger partial charge < -0.3 is 0 Å². The van der Waals surface area contributed by atoms with Gasteiger partial charge in [0.1, 0.15) is 0 Å². The van der Waals surface area contributed by atoms with Gasteiger partial charge in [0.25, 0.3) is 0 Å². The Morgan fingerprint density at radius 1 is 1.00 bits per heavy atom. The van der Waals surface area contributed by atoms with E-state index in [2.05, 4.69) is 4.99 Å². The summed E-state index contributed by atoms with van der Waals surface area (Å²) < 4.78 is 22.2. The Labute approximate surface area is 116 Å². The molecule has 0 aliphatic heterocycles. The molecule has 0 aliphatic carbocycles. The number of nitrogens with zero attached hydrogens (tertiary/aromatic N) is 1. The van der Waals surface area contributed by atoms with Gasteiger partial charge in [-0.15, -0.1) is 0 Å². The molecule has 4 nitrogen and oxygen atoms in total. The lowest BCUT2D eigenvalue weighted by Gasteiger charge is -1.98. The van der Waals surface area contributed by atoms with E-state index in [1.807, 2.05) is 12.1 Å². The van der Waals surface area contributed by atoms with E-state index in [4.69, 9.17) is 16.7 Å². The zero-order chi connectivity index (χ0) is 13.9. The average molecular weight is 295 g/mol. The fraction of sp³-hybridized carbons (Fsp3) is 0. The Bertz CT molecular complexity index is 692. The van der Waals surface area contributed by atoms with Crippen LogP contribution in [0.25, 0.3) is 0 Å². The average Bonchev–Trinajstić information content (AvgIpc) is 2.37. The zero-order valence-electron chi connectivity index (χ0n) is 9.82. The van der Waals surface area contributed by atoms with Crippen molar-refractivity contribution in [3.05, 3.63) is 59.1 Å². The summed E-state index contributed by atoms with van der Waals surface area (Å²) in [6.07, 6.45) is 1.67. The number of nitrogens with two attached hydrogens (primary N) is 1. The molecule has 0 fully saturated rings. The normalized spacial score (nSPS) is 11.9. The molecule has 0 unspecified atom stereocenters. The van der Waals surface area contributed by atoms with Crippen LogP contribution < -0.4 is 5.14 Å². The minimum Gasteiger partial charge on any atom is -0.256 e. The lowest BCUT2D eigenvalue weighted by molar-refractivity contribution is 0.598. The van der Waals surface area contributed by atoms with Crippen molar-refractivity contribution in [2.24, 2.45) is 10.1 Å². The van der Waals surface area contributed by atoms with E-state index in [-0.39, 0.29) is 4.90 Å². The van der Waals surface area contributed by atoms with E-state index in [0.29, 0.717) is 10.7 Å². The molecular formula is C13H11ClN2O2S. The van der Waals surface area contributed by atoms with Crippen LogP contribution in [0.5, 0.6) is 0 Å². The number of rotatable bonds is 3. The second kappa shape index (κ2) is 5.52. The third-order valence-electron chi connectivity index (χ3n) is 2.40. The van der Waals surface area contributed by atoms with Crippen LogP contribution in [-0.2, 0) is 10.0 Å². The van der Waals surface area contributed by atoms with Crippen LogP contribution in [0.3, 0.4) is 0 Å².